The number of rotatable bonds is 3. The van der Waals surface area contributed by atoms with E-state index in [1.54, 1.807) is 12.3 Å². The third-order valence-electron chi connectivity index (χ3n) is 4.18. The monoisotopic (exact) mass is 281 g/mol. The fourth-order valence-corrected chi connectivity index (χ4v) is 3.37. The molecule has 4 nitrogen and oxygen atoms in total. The van der Waals surface area contributed by atoms with Crippen LogP contribution in [0.4, 0.5) is 0 Å². The maximum absolute atomic E-state index is 12.5. The lowest BCUT2D eigenvalue weighted by Crippen LogP contribution is -2.42. The SMILES string of the molecule is O=C(c1cc(Cl)c[nH]1)N1CCC[C@H]1CN1CCCC1. The number of H-pyrrole nitrogens is 1. The Morgan fingerprint density at radius 2 is 2.11 bits per heavy atom. The van der Waals surface area contributed by atoms with Crippen molar-refractivity contribution in [3.8, 4) is 0 Å². The number of halogens is 1. The molecule has 2 aliphatic heterocycles. The summed E-state index contributed by atoms with van der Waals surface area (Å²) in [5.41, 5.74) is 0.610. The van der Waals surface area contributed by atoms with Gasteiger partial charge in [0.1, 0.15) is 5.69 Å². The van der Waals surface area contributed by atoms with Gasteiger partial charge in [-0.25, -0.2) is 0 Å². The summed E-state index contributed by atoms with van der Waals surface area (Å²) in [5, 5.41) is 0.596. The maximum atomic E-state index is 12.5. The highest BCUT2D eigenvalue weighted by Gasteiger charge is 2.31. The number of likely N-dealkylation sites (tertiary alicyclic amines) is 2. The van der Waals surface area contributed by atoms with Crippen LogP contribution in [0.1, 0.15) is 36.2 Å². The van der Waals surface area contributed by atoms with Gasteiger partial charge in [-0.1, -0.05) is 11.6 Å². The third-order valence-corrected chi connectivity index (χ3v) is 4.40. The van der Waals surface area contributed by atoms with Gasteiger partial charge in [-0.2, -0.15) is 0 Å². The standard InChI is InChI=1S/C14H20ClN3O/c15-11-8-13(16-9-11)14(19)18-7-3-4-12(18)10-17-5-1-2-6-17/h8-9,12,16H,1-7,10H2/t12-/m0/s1. The van der Waals surface area contributed by atoms with Gasteiger partial charge in [-0.05, 0) is 44.8 Å². The van der Waals surface area contributed by atoms with Crippen LogP contribution in [0.2, 0.25) is 5.02 Å². The zero-order valence-corrected chi connectivity index (χ0v) is 11.8. The number of carbonyl (C=O) groups excluding carboxylic acids is 1. The number of amides is 1. The second-order valence-corrected chi connectivity index (χ2v) is 5.97. The molecule has 19 heavy (non-hydrogen) atoms. The second kappa shape index (κ2) is 5.55. The normalized spacial score (nSPS) is 24.3. The minimum absolute atomic E-state index is 0.0913. The molecule has 2 fully saturated rings. The zero-order chi connectivity index (χ0) is 13.2. The molecule has 3 rings (SSSR count). The molecule has 1 N–H and O–H groups in total. The van der Waals surface area contributed by atoms with Gasteiger partial charge in [0.25, 0.3) is 5.91 Å². The summed E-state index contributed by atoms with van der Waals surface area (Å²) in [7, 11) is 0. The number of aromatic amines is 1. The topological polar surface area (TPSA) is 39.3 Å². The van der Waals surface area contributed by atoms with Crippen LogP contribution in [0.25, 0.3) is 0 Å². The molecule has 0 saturated carbocycles. The van der Waals surface area contributed by atoms with Crippen LogP contribution < -0.4 is 0 Å². The molecule has 1 aromatic rings. The second-order valence-electron chi connectivity index (χ2n) is 5.53. The predicted molar refractivity (Wildman–Crippen MR) is 75.5 cm³/mol. The van der Waals surface area contributed by atoms with Gasteiger partial charge < -0.3 is 14.8 Å². The summed E-state index contributed by atoms with van der Waals surface area (Å²) in [6.07, 6.45) is 6.50. The van der Waals surface area contributed by atoms with E-state index < -0.39 is 0 Å². The average molecular weight is 282 g/mol. The van der Waals surface area contributed by atoms with Gasteiger partial charge in [0.2, 0.25) is 0 Å². The molecule has 2 saturated heterocycles. The van der Waals surface area contributed by atoms with Crippen LogP contribution in [0.15, 0.2) is 12.3 Å². The van der Waals surface area contributed by atoms with E-state index in [2.05, 4.69) is 9.88 Å². The Morgan fingerprint density at radius 1 is 1.32 bits per heavy atom. The lowest BCUT2D eigenvalue weighted by Gasteiger charge is -2.28. The number of hydrogen-bond donors (Lipinski definition) is 1. The Hall–Kier alpha value is -1.00. The van der Waals surface area contributed by atoms with Crippen molar-refractivity contribution in [3.63, 3.8) is 0 Å². The summed E-state index contributed by atoms with van der Waals surface area (Å²) < 4.78 is 0. The third kappa shape index (κ3) is 2.79. The van der Waals surface area contributed by atoms with Crippen LogP contribution in [0.3, 0.4) is 0 Å². The highest BCUT2D eigenvalue weighted by atomic mass is 35.5. The molecule has 2 aliphatic rings. The molecule has 0 aliphatic carbocycles. The highest BCUT2D eigenvalue weighted by Crippen LogP contribution is 2.23. The highest BCUT2D eigenvalue weighted by molar-refractivity contribution is 6.30. The lowest BCUT2D eigenvalue weighted by atomic mass is 10.2. The summed E-state index contributed by atoms with van der Waals surface area (Å²) in [6.45, 7) is 4.27. The van der Waals surface area contributed by atoms with E-state index in [-0.39, 0.29) is 5.91 Å². The molecule has 104 valence electrons. The van der Waals surface area contributed by atoms with E-state index in [1.807, 2.05) is 4.90 Å². The van der Waals surface area contributed by atoms with E-state index in [0.29, 0.717) is 16.8 Å². The Balaban J connectivity index is 1.66. The van der Waals surface area contributed by atoms with Gasteiger partial charge in [0.15, 0.2) is 0 Å². The van der Waals surface area contributed by atoms with E-state index in [0.717, 1.165) is 25.9 Å². The van der Waals surface area contributed by atoms with Crippen molar-refractivity contribution in [2.75, 3.05) is 26.2 Å². The van der Waals surface area contributed by atoms with Gasteiger partial charge >= 0.3 is 0 Å². The Labute approximate surface area is 118 Å². The van der Waals surface area contributed by atoms with Crippen LogP contribution in [-0.2, 0) is 0 Å². The van der Waals surface area contributed by atoms with E-state index in [1.165, 1.54) is 25.9 Å². The number of hydrogen-bond acceptors (Lipinski definition) is 2. The minimum Gasteiger partial charge on any atom is -0.356 e. The van der Waals surface area contributed by atoms with Gasteiger partial charge in [-0.3, -0.25) is 4.79 Å². The quantitative estimate of drug-likeness (QED) is 0.924. The number of carbonyl (C=O) groups is 1. The van der Waals surface area contributed by atoms with E-state index in [4.69, 9.17) is 11.6 Å². The largest absolute Gasteiger partial charge is 0.356 e. The summed E-state index contributed by atoms with van der Waals surface area (Å²) >= 11 is 5.87. The summed E-state index contributed by atoms with van der Waals surface area (Å²) in [4.78, 5) is 19.9. The van der Waals surface area contributed by atoms with Crippen LogP contribution >= 0.6 is 11.6 Å². The minimum atomic E-state index is 0.0913. The van der Waals surface area contributed by atoms with Crippen molar-refractivity contribution < 1.29 is 4.79 Å². The summed E-state index contributed by atoms with van der Waals surface area (Å²) in [6, 6.07) is 2.09. The first kappa shape index (κ1) is 13.0. The molecule has 1 aromatic heterocycles. The molecule has 0 aromatic carbocycles. The van der Waals surface area contributed by atoms with Crippen molar-refractivity contribution in [2.24, 2.45) is 0 Å². The number of aromatic nitrogens is 1. The first-order chi connectivity index (χ1) is 9.24. The predicted octanol–water partition coefficient (Wildman–Crippen LogP) is 2.37. The molecule has 0 radical (unpaired) electrons. The van der Waals surface area contributed by atoms with E-state index in [9.17, 15) is 4.79 Å². The molecule has 0 spiro atoms. The first-order valence-electron chi connectivity index (χ1n) is 7.11. The molecular formula is C14H20ClN3O. The van der Waals surface area contributed by atoms with Gasteiger partial charge in [-0.15, -0.1) is 0 Å². The fourth-order valence-electron chi connectivity index (χ4n) is 3.20. The van der Waals surface area contributed by atoms with Gasteiger partial charge in [0.05, 0.1) is 5.02 Å². The van der Waals surface area contributed by atoms with Crippen LogP contribution in [0, 0.1) is 0 Å². The summed E-state index contributed by atoms with van der Waals surface area (Å²) in [5.74, 6) is 0.0913. The average Bonchev–Trinajstić information content (AvgIpc) is 3.10. The molecule has 3 heterocycles. The number of nitrogens with zero attached hydrogens (tertiary/aromatic N) is 2. The Morgan fingerprint density at radius 3 is 2.79 bits per heavy atom. The van der Waals surface area contributed by atoms with Gasteiger partial charge in [0, 0.05) is 25.3 Å². The molecule has 0 bridgehead atoms. The van der Waals surface area contributed by atoms with Crippen molar-refractivity contribution in [1.82, 2.24) is 14.8 Å². The first-order valence-corrected chi connectivity index (χ1v) is 7.49. The van der Waals surface area contributed by atoms with Crippen molar-refractivity contribution in [2.45, 2.75) is 31.7 Å². The smallest absolute Gasteiger partial charge is 0.270 e. The number of nitrogens with one attached hydrogen (secondary N) is 1. The molecule has 1 atom stereocenters. The van der Waals surface area contributed by atoms with Crippen molar-refractivity contribution in [1.29, 1.82) is 0 Å². The molecule has 1 amide bonds. The Kier molecular flexibility index (Phi) is 3.80. The van der Waals surface area contributed by atoms with Crippen LogP contribution in [0.5, 0.6) is 0 Å². The lowest BCUT2D eigenvalue weighted by molar-refractivity contribution is 0.0703. The Bertz CT molecular complexity index is 453. The zero-order valence-electron chi connectivity index (χ0n) is 11.1. The van der Waals surface area contributed by atoms with Crippen LogP contribution in [-0.4, -0.2) is 52.9 Å². The van der Waals surface area contributed by atoms with E-state index >= 15 is 0 Å². The van der Waals surface area contributed by atoms with Crippen molar-refractivity contribution in [3.05, 3.63) is 23.0 Å². The maximum Gasteiger partial charge on any atom is 0.270 e. The molecular weight excluding hydrogens is 262 g/mol. The molecule has 5 heteroatoms. The van der Waals surface area contributed by atoms with Crippen molar-refractivity contribution >= 4 is 17.5 Å². The fraction of sp³-hybridized carbons (Fsp3) is 0.643. The molecule has 0 unspecified atom stereocenters.